The van der Waals surface area contributed by atoms with E-state index in [1.807, 2.05) is 13.8 Å². The Morgan fingerprint density at radius 2 is 1.74 bits per heavy atom. The fourth-order valence-electron chi connectivity index (χ4n) is 1.54. The molecule has 0 aliphatic carbocycles. The van der Waals surface area contributed by atoms with E-state index in [2.05, 4.69) is 48.7 Å². The average molecular weight is 280 g/mol. The van der Waals surface area contributed by atoms with Gasteiger partial charge in [0.1, 0.15) is 0 Å². The van der Waals surface area contributed by atoms with E-state index < -0.39 is 0 Å². The summed E-state index contributed by atoms with van der Waals surface area (Å²) < 4.78 is 0. The third-order valence-electron chi connectivity index (χ3n) is 2.46. The fraction of sp³-hybridized carbons (Fsp3) is 0.533. The van der Waals surface area contributed by atoms with Crippen molar-refractivity contribution < 1.29 is 4.79 Å². The molecule has 0 aliphatic rings. The lowest BCUT2D eigenvalue weighted by Crippen LogP contribution is -2.31. The van der Waals surface area contributed by atoms with Crippen LogP contribution < -0.4 is 10.6 Å². The predicted molar refractivity (Wildman–Crippen MR) is 82.4 cm³/mol. The summed E-state index contributed by atoms with van der Waals surface area (Å²) >= 11 is 1.57. The molecule has 4 heteroatoms. The van der Waals surface area contributed by atoms with Crippen molar-refractivity contribution in [1.82, 2.24) is 10.6 Å². The number of amides is 1. The normalized spacial score (nSPS) is 11.1. The van der Waals surface area contributed by atoms with Crippen LogP contribution in [0.3, 0.4) is 0 Å². The molecule has 0 aliphatic heterocycles. The molecule has 19 heavy (non-hydrogen) atoms. The lowest BCUT2D eigenvalue weighted by molar-refractivity contribution is -0.119. The Bertz CT molecular complexity index is 388. The Kier molecular flexibility index (Phi) is 6.95. The Labute approximate surface area is 120 Å². The van der Waals surface area contributed by atoms with Gasteiger partial charge < -0.3 is 10.6 Å². The number of benzene rings is 1. The Morgan fingerprint density at radius 1 is 1.11 bits per heavy atom. The summed E-state index contributed by atoms with van der Waals surface area (Å²) in [6.45, 7) is 9.10. The zero-order valence-corrected chi connectivity index (χ0v) is 13.0. The molecule has 0 fully saturated rings. The molecule has 0 aromatic heterocycles. The number of carbonyl (C=O) groups excluding carboxylic acids is 1. The molecule has 0 radical (unpaired) electrons. The van der Waals surface area contributed by atoms with Gasteiger partial charge in [0.2, 0.25) is 5.91 Å². The minimum Gasteiger partial charge on any atom is -0.353 e. The molecule has 0 heterocycles. The minimum absolute atomic E-state index is 0.0885. The van der Waals surface area contributed by atoms with E-state index in [-0.39, 0.29) is 11.9 Å². The molecule has 0 saturated heterocycles. The van der Waals surface area contributed by atoms with Crippen molar-refractivity contribution >= 4 is 17.7 Å². The highest BCUT2D eigenvalue weighted by Gasteiger charge is 2.04. The van der Waals surface area contributed by atoms with Crippen molar-refractivity contribution in [3.05, 3.63) is 29.8 Å². The molecule has 1 amide bonds. The van der Waals surface area contributed by atoms with Gasteiger partial charge >= 0.3 is 0 Å². The predicted octanol–water partition coefficient (Wildman–Crippen LogP) is 2.80. The van der Waals surface area contributed by atoms with E-state index in [0.717, 1.165) is 11.4 Å². The van der Waals surface area contributed by atoms with E-state index in [1.54, 1.807) is 11.8 Å². The number of rotatable bonds is 7. The van der Waals surface area contributed by atoms with Crippen molar-refractivity contribution in [3.63, 3.8) is 0 Å². The third kappa shape index (κ3) is 7.23. The van der Waals surface area contributed by atoms with Crippen LogP contribution in [0.2, 0.25) is 0 Å². The smallest absolute Gasteiger partial charge is 0.230 e. The SMILES string of the molecule is CC(C)NCc1ccc(SCC(=O)NC(C)C)cc1. The van der Waals surface area contributed by atoms with Crippen LogP contribution in [0.15, 0.2) is 29.2 Å². The number of nitrogens with one attached hydrogen (secondary N) is 2. The molecule has 1 rings (SSSR count). The summed E-state index contributed by atoms with van der Waals surface area (Å²) in [5.41, 5.74) is 1.27. The molecule has 106 valence electrons. The summed E-state index contributed by atoms with van der Waals surface area (Å²) in [5.74, 6) is 0.562. The number of hydrogen-bond acceptors (Lipinski definition) is 3. The van der Waals surface area contributed by atoms with Crippen molar-refractivity contribution in [2.75, 3.05) is 5.75 Å². The van der Waals surface area contributed by atoms with Gasteiger partial charge in [-0.05, 0) is 31.5 Å². The third-order valence-corrected chi connectivity index (χ3v) is 3.47. The molecule has 0 atom stereocenters. The van der Waals surface area contributed by atoms with Crippen LogP contribution in [0.25, 0.3) is 0 Å². The van der Waals surface area contributed by atoms with Crippen LogP contribution in [0.1, 0.15) is 33.3 Å². The van der Waals surface area contributed by atoms with E-state index >= 15 is 0 Å². The first kappa shape index (κ1) is 16.1. The maximum atomic E-state index is 11.5. The topological polar surface area (TPSA) is 41.1 Å². The van der Waals surface area contributed by atoms with Gasteiger partial charge in [-0.1, -0.05) is 26.0 Å². The van der Waals surface area contributed by atoms with Crippen LogP contribution in [-0.2, 0) is 11.3 Å². The summed E-state index contributed by atoms with van der Waals surface area (Å²) in [4.78, 5) is 12.7. The van der Waals surface area contributed by atoms with Crippen molar-refractivity contribution in [2.45, 2.75) is 51.2 Å². The number of thioether (sulfide) groups is 1. The lowest BCUT2D eigenvalue weighted by Gasteiger charge is -2.09. The quantitative estimate of drug-likeness (QED) is 0.755. The van der Waals surface area contributed by atoms with Gasteiger partial charge in [0.05, 0.1) is 5.75 Å². The van der Waals surface area contributed by atoms with E-state index in [9.17, 15) is 4.79 Å². The van der Waals surface area contributed by atoms with Crippen LogP contribution in [-0.4, -0.2) is 23.7 Å². The zero-order chi connectivity index (χ0) is 14.3. The molecular formula is C15H24N2OS. The van der Waals surface area contributed by atoms with Gasteiger partial charge in [-0.2, -0.15) is 0 Å². The molecule has 0 spiro atoms. The van der Waals surface area contributed by atoms with E-state index in [0.29, 0.717) is 11.8 Å². The van der Waals surface area contributed by atoms with Crippen molar-refractivity contribution in [2.24, 2.45) is 0 Å². The van der Waals surface area contributed by atoms with Crippen molar-refractivity contribution in [3.8, 4) is 0 Å². The van der Waals surface area contributed by atoms with E-state index in [1.165, 1.54) is 5.56 Å². The molecule has 1 aromatic rings. The van der Waals surface area contributed by atoms with Crippen LogP contribution in [0, 0.1) is 0 Å². The molecule has 0 bridgehead atoms. The van der Waals surface area contributed by atoms with Gasteiger partial charge in [-0.3, -0.25) is 4.79 Å². The molecular weight excluding hydrogens is 256 g/mol. The minimum atomic E-state index is 0.0885. The first-order valence-electron chi connectivity index (χ1n) is 6.72. The second-order valence-electron chi connectivity index (χ2n) is 5.19. The molecule has 0 unspecified atom stereocenters. The van der Waals surface area contributed by atoms with Gasteiger partial charge in [0, 0.05) is 23.5 Å². The number of hydrogen-bond donors (Lipinski definition) is 2. The highest BCUT2D eigenvalue weighted by Crippen LogP contribution is 2.18. The summed E-state index contributed by atoms with van der Waals surface area (Å²) in [6.07, 6.45) is 0. The largest absolute Gasteiger partial charge is 0.353 e. The second kappa shape index (κ2) is 8.23. The van der Waals surface area contributed by atoms with Crippen LogP contribution in [0.4, 0.5) is 0 Å². The summed E-state index contributed by atoms with van der Waals surface area (Å²) in [6, 6.07) is 9.07. The second-order valence-corrected chi connectivity index (χ2v) is 6.24. The highest BCUT2D eigenvalue weighted by molar-refractivity contribution is 8.00. The maximum Gasteiger partial charge on any atom is 0.230 e. The zero-order valence-electron chi connectivity index (χ0n) is 12.2. The van der Waals surface area contributed by atoms with Gasteiger partial charge in [-0.15, -0.1) is 11.8 Å². The average Bonchev–Trinajstić information content (AvgIpc) is 2.34. The van der Waals surface area contributed by atoms with Crippen LogP contribution in [0.5, 0.6) is 0 Å². The molecule has 0 saturated carbocycles. The lowest BCUT2D eigenvalue weighted by atomic mass is 10.2. The van der Waals surface area contributed by atoms with E-state index in [4.69, 9.17) is 0 Å². The Balaban J connectivity index is 2.37. The number of carbonyl (C=O) groups is 1. The Hall–Kier alpha value is -1.00. The molecule has 1 aromatic carbocycles. The molecule has 3 nitrogen and oxygen atoms in total. The standard InChI is InChI=1S/C15H24N2OS/c1-11(2)16-9-13-5-7-14(8-6-13)19-10-15(18)17-12(3)4/h5-8,11-12,16H,9-10H2,1-4H3,(H,17,18). The summed E-state index contributed by atoms with van der Waals surface area (Å²) in [5, 5.41) is 6.27. The Morgan fingerprint density at radius 3 is 2.26 bits per heavy atom. The summed E-state index contributed by atoms with van der Waals surface area (Å²) in [7, 11) is 0. The molecule has 2 N–H and O–H groups in total. The first-order chi connectivity index (χ1) is 8.97. The fourth-order valence-corrected chi connectivity index (χ4v) is 2.25. The van der Waals surface area contributed by atoms with Crippen molar-refractivity contribution in [1.29, 1.82) is 0 Å². The van der Waals surface area contributed by atoms with Gasteiger partial charge in [-0.25, -0.2) is 0 Å². The van der Waals surface area contributed by atoms with Gasteiger partial charge in [0.25, 0.3) is 0 Å². The first-order valence-corrected chi connectivity index (χ1v) is 7.70. The van der Waals surface area contributed by atoms with Gasteiger partial charge in [0.15, 0.2) is 0 Å². The monoisotopic (exact) mass is 280 g/mol. The van der Waals surface area contributed by atoms with Crippen LogP contribution >= 0.6 is 11.8 Å². The highest BCUT2D eigenvalue weighted by atomic mass is 32.2. The maximum absolute atomic E-state index is 11.5.